The predicted molar refractivity (Wildman–Crippen MR) is 68.5 cm³/mol. The molecule has 5 nitrogen and oxygen atoms in total. The van der Waals surface area contributed by atoms with Crippen LogP contribution in [0.25, 0.3) is 0 Å². The van der Waals surface area contributed by atoms with E-state index in [-0.39, 0.29) is 15.8 Å². The van der Waals surface area contributed by atoms with E-state index in [2.05, 4.69) is 0 Å². The monoisotopic (exact) mass is 289 g/mol. The summed E-state index contributed by atoms with van der Waals surface area (Å²) in [6, 6.07) is 1.29. The molecule has 1 fully saturated rings. The van der Waals surface area contributed by atoms with Crippen LogP contribution in [-0.2, 0) is 10.0 Å². The van der Waals surface area contributed by atoms with Crippen LogP contribution >= 0.6 is 11.3 Å². The molecule has 1 aliphatic rings. The molecule has 0 aliphatic carbocycles. The van der Waals surface area contributed by atoms with E-state index in [1.807, 2.05) is 6.92 Å². The summed E-state index contributed by atoms with van der Waals surface area (Å²) in [7, 11) is -3.53. The van der Waals surface area contributed by atoms with Gasteiger partial charge in [0.1, 0.15) is 4.88 Å². The normalized spacial score (nSPS) is 21.3. The molecule has 0 aromatic carbocycles. The zero-order valence-electron chi connectivity index (χ0n) is 10.00. The molecule has 100 valence electrons. The van der Waals surface area contributed by atoms with Crippen LogP contribution in [0.5, 0.6) is 0 Å². The van der Waals surface area contributed by atoms with Gasteiger partial charge in [-0.25, -0.2) is 13.2 Å². The van der Waals surface area contributed by atoms with Crippen molar-refractivity contribution >= 4 is 27.3 Å². The van der Waals surface area contributed by atoms with Gasteiger partial charge in [0.2, 0.25) is 10.0 Å². The van der Waals surface area contributed by atoms with Gasteiger partial charge in [-0.3, -0.25) is 0 Å². The highest BCUT2D eigenvalue weighted by molar-refractivity contribution is 7.89. The highest BCUT2D eigenvalue weighted by Gasteiger charge is 2.34. The number of carboxylic acid groups (broad SMARTS) is 1. The lowest BCUT2D eigenvalue weighted by molar-refractivity contribution is 0.0702. The first-order valence-corrected chi connectivity index (χ1v) is 8.12. The fourth-order valence-corrected chi connectivity index (χ4v) is 5.10. The number of rotatable bonds is 4. The molecule has 1 atom stereocenters. The average Bonchev–Trinajstić information content (AvgIpc) is 2.98. The highest BCUT2D eigenvalue weighted by Crippen LogP contribution is 2.29. The minimum absolute atomic E-state index is 0.0446. The van der Waals surface area contributed by atoms with E-state index in [4.69, 9.17) is 5.11 Å². The molecular weight excluding hydrogens is 274 g/mol. The van der Waals surface area contributed by atoms with E-state index < -0.39 is 16.0 Å². The van der Waals surface area contributed by atoms with Gasteiger partial charge in [-0.15, -0.1) is 11.3 Å². The molecule has 0 amide bonds. The molecule has 0 saturated carbocycles. The Labute approximate surface area is 110 Å². The van der Waals surface area contributed by atoms with Crippen molar-refractivity contribution in [2.45, 2.75) is 37.1 Å². The molecule has 18 heavy (non-hydrogen) atoms. The number of sulfonamides is 1. The van der Waals surface area contributed by atoms with Crippen LogP contribution in [0.2, 0.25) is 0 Å². The fourth-order valence-electron chi connectivity index (χ4n) is 2.24. The van der Waals surface area contributed by atoms with Gasteiger partial charge in [0.25, 0.3) is 0 Å². The maximum absolute atomic E-state index is 12.4. The van der Waals surface area contributed by atoms with Crippen molar-refractivity contribution in [2.75, 3.05) is 6.54 Å². The Bertz CT molecular complexity index is 549. The Morgan fingerprint density at radius 3 is 2.89 bits per heavy atom. The van der Waals surface area contributed by atoms with E-state index in [9.17, 15) is 13.2 Å². The second kappa shape index (κ2) is 4.99. The van der Waals surface area contributed by atoms with Crippen molar-refractivity contribution in [3.63, 3.8) is 0 Å². The zero-order valence-corrected chi connectivity index (χ0v) is 11.6. The van der Waals surface area contributed by atoms with E-state index in [1.54, 1.807) is 0 Å². The number of carboxylic acids is 1. The first-order chi connectivity index (χ1) is 8.46. The zero-order chi connectivity index (χ0) is 13.3. The van der Waals surface area contributed by atoms with E-state index in [0.29, 0.717) is 6.54 Å². The minimum atomic E-state index is -3.53. The Morgan fingerprint density at radius 1 is 1.61 bits per heavy atom. The summed E-state index contributed by atoms with van der Waals surface area (Å²) in [4.78, 5) is 10.9. The molecule has 1 aromatic heterocycles. The summed E-state index contributed by atoms with van der Waals surface area (Å²) < 4.78 is 26.3. The molecule has 0 bridgehead atoms. The minimum Gasteiger partial charge on any atom is -0.477 e. The Hall–Kier alpha value is -0.920. The lowest BCUT2D eigenvalue weighted by atomic mass is 10.2. The summed E-state index contributed by atoms with van der Waals surface area (Å²) >= 11 is 0.947. The Kier molecular flexibility index (Phi) is 3.74. The number of carbonyl (C=O) groups is 1. The predicted octanol–water partition coefficient (Wildman–Crippen LogP) is 2.01. The van der Waals surface area contributed by atoms with Crippen molar-refractivity contribution in [1.82, 2.24) is 4.31 Å². The Morgan fingerprint density at radius 2 is 2.33 bits per heavy atom. The maximum Gasteiger partial charge on any atom is 0.345 e. The van der Waals surface area contributed by atoms with Crippen LogP contribution in [0.15, 0.2) is 16.3 Å². The number of hydrogen-bond acceptors (Lipinski definition) is 4. The van der Waals surface area contributed by atoms with Gasteiger partial charge in [-0.1, -0.05) is 6.92 Å². The quantitative estimate of drug-likeness (QED) is 0.920. The van der Waals surface area contributed by atoms with Gasteiger partial charge >= 0.3 is 5.97 Å². The summed E-state index contributed by atoms with van der Waals surface area (Å²) in [5, 5.41) is 10.2. The van der Waals surface area contributed by atoms with Gasteiger partial charge in [0.05, 0.1) is 4.90 Å². The highest BCUT2D eigenvalue weighted by atomic mass is 32.2. The first-order valence-electron chi connectivity index (χ1n) is 5.80. The third-order valence-electron chi connectivity index (χ3n) is 3.19. The fraction of sp³-hybridized carbons (Fsp3) is 0.545. The SMILES string of the molecule is CCC1CCCN1S(=O)(=O)c1csc(C(=O)O)c1. The van der Waals surface area contributed by atoms with Crippen molar-refractivity contribution in [3.05, 3.63) is 16.3 Å². The second-order valence-corrected chi connectivity index (χ2v) is 7.07. The number of aromatic carboxylic acids is 1. The molecule has 1 aromatic rings. The number of nitrogens with zero attached hydrogens (tertiary/aromatic N) is 1. The third kappa shape index (κ3) is 2.30. The first kappa shape index (κ1) is 13.5. The van der Waals surface area contributed by atoms with Crippen LogP contribution in [0.4, 0.5) is 0 Å². The standard InChI is InChI=1S/C11H15NO4S2/c1-2-8-4-3-5-12(8)18(15,16)9-6-10(11(13)14)17-7-9/h6-8H,2-5H2,1H3,(H,13,14). The molecule has 1 unspecified atom stereocenters. The summed E-state index contributed by atoms with van der Waals surface area (Å²) in [6.45, 7) is 2.49. The van der Waals surface area contributed by atoms with Crippen LogP contribution in [0, 0.1) is 0 Å². The van der Waals surface area contributed by atoms with Crippen molar-refractivity contribution in [2.24, 2.45) is 0 Å². The van der Waals surface area contributed by atoms with Gasteiger partial charge in [0.15, 0.2) is 0 Å². The largest absolute Gasteiger partial charge is 0.477 e. The molecule has 0 radical (unpaired) electrons. The molecule has 7 heteroatoms. The van der Waals surface area contributed by atoms with Crippen LogP contribution in [0.1, 0.15) is 35.9 Å². The summed E-state index contributed by atoms with van der Waals surface area (Å²) in [5.74, 6) is -1.09. The van der Waals surface area contributed by atoms with E-state index in [0.717, 1.165) is 30.6 Å². The molecule has 2 heterocycles. The second-order valence-electron chi connectivity index (χ2n) is 4.27. The molecule has 2 rings (SSSR count). The topological polar surface area (TPSA) is 74.7 Å². The van der Waals surface area contributed by atoms with Crippen molar-refractivity contribution < 1.29 is 18.3 Å². The van der Waals surface area contributed by atoms with Gasteiger partial charge in [-0.2, -0.15) is 4.31 Å². The third-order valence-corrected chi connectivity index (χ3v) is 6.18. The van der Waals surface area contributed by atoms with Crippen LogP contribution in [0.3, 0.4) is 0 Å². The average molecular weight is 289 g/mol. The Balaban J connectivity index is 2.32. The van der Waals surface area contributed by atoms with Gasteiger partial charge < -0.3 is 5.11 Å². The summed E-state index contributed by atoms with van der Waals surface area (Å²) in [6.07, 6.45) is 2.54. The van der Waals surface area contributed by atoms with Crippen molar-refractivity contribution in [3.8, 4) is 0 Å². The van der Waals surface area contributed by atoms with E-state index >= 15 is 0 Å². The lowest BCUT2D eigenvalue weighted by Gasteiger charge is -2.22. The molecule has 1 saturated heterocycles. The molecular formula is C11H15NO4S2. The molecule has 1 aliphatic heterocycles. The lowest BCUT2D eigenvalue weighted by Crippen LogP contribution is -2.34. The smallest absolute Gasteiger partial charge is 0.345 e. The van der Waals surface area contributed by atoms with Gasteiger partial charge in [-0.05, 0) is 25.3 Å². The summed E-state index contributed by atoms with van der Waals surface area (Å²) in [5.41, 5.74) is 0. The maximum atomic E-state index is 12.4. The van der Waals surface area contributed by atoms with Crippen LogP contribution < -0.4 is 0 Å². The van der Waals surface area contributed by atoms with Crippen molar-refractivity contribution in [1.29, 1.82) is 0 Å². The van der Waals surface area contributed by atoms with Gasteiger partial charge in [0, 0.05) is 18.0 Å². The molecule has 1 N–H and O–H groups in total. The van der Waals surface area contributed by atoms with E-state index in [1.165, 1.54) is 15.8 Å². The molecule has 0 spiro atoms. The number of thiophene rings is 1. The van der Waals surface area contributed by atoms with Crippen LogP contribution in [-0.4, -0.2) is 36.4 Å². The number of hydrogen-bond donors (Lipinski definition) is 1.